The molecule has 1 heterocycles. The molecule has 3 rings (SSSR count). The van der Waals surface area contributed by atoms with E-state index in [-0.39, 0.29) is 29.4 Å². The fraction of sp³-hybridized carbons (Fsp3) is 0.429. The first kappa shape index (κ1) is 24.0. The molecule has 2 aromatic carbocycles. The van der Waals surface area contributed by atoms with Crippen molar-refractivity contribution in [3.8, 4) is 17.2 Å². The summed E-state index contributed by atoms with van der Waals surface area (Å²) in [5, 5.41) is 3.26. The highest BCUT2D eigenvalue weighted by atomic mass is 32.2. The number of benzene rings is 2. The third-order valence-corrected chi connectivity index (χ3v) is 6.53. The zero-order chi connectivity index (χ0) is 23.1. The predicted molar refractivity (Wildman–Crippen MR) is 117 cm³/mol. The van der Waals surface area contributed by atoms with Gasteiger partial charge in [0.25, 0.3) is 0 Å². The molecule has 1 aliphatic rings. The molecule has 0 bridgehead atoms. The highest BCUT2D eigenvalue weighted by Gasteiger charge is 2.20. The summed E-state index contributed by atoms with van der Waals surface area (Å²) in [5.41, 5.74) is 1.35. The summed E-state index contributed by atoms with van der Waals surface area (Å²) in [6.45, 7) is 0.187. The van der Waals surface area contributed by atoms with E-state index in [0.29, 0.717) is 11.3 Å². The first-order chi connectivity index (χ1) is 15.3. The molecule has 0 saturated carbocycles. The predicted octanol–water partition coefficient (Wildman–Crippen LogP) is 2.24. The van der Waals surface area contributed by atoms with Crippen LogP contribution in [0.25, 0.3) is 0 Å². The van der Waals surface area contributed by atoms with Crippen LogP contribution in [-0.2, 0) is 16.4 Å². The van der Waals surface area contributed by atoms with Gasteiger partial charge in [-0.25, -0.2) is 13.1 Å². The van der Waals surface area contributed by atoms with Gasteiger partial charge in [-0.2, -0.15) is 8.78 Å². The molecule has 1 saturated heterocycles. The molecule has 1 fully saturated rings. The SMILES string of the molecule is COc1ccc(CCNS(=O)(=O)c2ccc(OC)c(N3CCNCC3)c2)cc1OC(F)F. The van der Waals surface area contributed by atoms with Gasteiger partial charge in [0.05, 0.1) is 24.8 Å². The number of rotatable bonds is 10. The summed E-state index contributed by atoms with van der Waals surface area (Å²) in [5.74, 6) is 0.683. The topological polar surface area (TPSA) is 89.1 Å². The van der Waals surface area contributed by atoms with Gasteiger partial charge in [0.1, 0.15) is 5.75 Å². The third kappa shape index (κ3) is 5.99. The number of nitrogens with zero attached hydrogens (tertiary/aromatic N) is 1. The average molecular weight is 472 g/mol. The van der Waals surface area contributed by atoms with E-state index in [1.807, 2.05) is 0 Å². The largest absolute Gasteiger partial charge is 0.495 e. The number of nitrogens with one attached hydrogen (secondary N) is 2. The molecule has 0 spiro atoms. The number of halogens is 2. The van der Waals surface area contributed by atoms with Crippen molar-refractivity contribution >= 4 is 15.7 Å². The van der Waals surface area contributed by atoms with E-state index in [1.54, 1.807) is 25.3 Å². The zero-order valence-corrected chi connectivity index (χ0v) is 18.8. The van der Waals surface area contributed by atoms with Crippen molar-refractivity contribution < 1.29 is 31.4 Å². The number of anilines is 1. The number of sulfonamides is 1. The Morgan fingerprint density at radius 3 is 2.38 bits per heavy atom. The van der Waals surface area contributed by atoms with Gasteiger partial charge in [0.15, 0.2) is 11.5 Å². The standard InChI is InChI=1S/C21H27F2N3O5S/c1-29-18-6-4-16(14-17(18)26-11-9-24-10-12-26)32(27,28)25-8-7-15-3-5-19(30-2)20(13-15)31-21(22)23/h3-6,13-14,21,24-25H,7-12H2,1-2H3. The molecule has 2 N–H and O–H groups in total. The van der Waals surface area contributed by atoms with E-state index in [4.69, 9.17) is 9.47 Å². The first-order valence-electron chi connectivity index (χ1n) is 10.1. The van der Waals surface area contributed by atoms with Gasteiger partial charge in [-0.15, -0.1) is 0 Å². The summed E-state index contributed by atoms with van der Waals surface area (Å²) >= 11 is 0. The van der Waals surface area contributed by atoms with Gasteiger partial charge in [-0.05, 0) is 42.3 Å². The van der Waals surface area contributed by atoms with E-state index < -0.39 is 16.6 Å². The number of piperazine rings is 1. The van der Waals surface area contributed by atoms with Gasteiger partial charge < -0.3 is 24.4 Å². The minimum absolute atomic E-state index is 0.0811. The maximum Gasteiger partial charge on any atom is 0.387 e. The van der Waals surface area contributed by atoms with E-state index in [0.717, 1.165) is 31.9 Å². The second-order valence-electron chi connectivity index (χ2n) is 7.08. The van der Waals surface area contributed by atoms with Crippen molar-refractivity contribution in [3.05, 3.63) is 42.0 Å². The molecule has 0 aliphatic carbocycles. The van der Waals surface area contributed by atoms with E-state index in [9.17, 15) is 17.2 Å². The molecule has 0 unspecified atom stereocenters. The number of hydrogen-bond acceptors (Lipinski definition) is 7. The van der Waals surface area contributed by atoms with Crippen molar-refractivity contribution in [2.45, 2.75) is 17.9 Å². The van der Waals surface area contributed by atoms with Crippen molar-refractivity contribution in [2.75, 3.05) is 51.8 Å². The van der Waals surface area contributed by atoms with Crippen LogP contribution in [0.5, 0.6) is 17.2 Å². The minimum Gasteiger partial charge on any atom is -0.495 e. The monoisotopic (exact) mass is 471 g/mol. The Hall–Kier alpha value is -2.63. The highest BCUT2D eigenvalue weighted by Crippen LogP contribution is 2.32. The van der Waals surface area contributed by atoms with Gasteiger partial charge >= 0.3 is 6.61 Å². The molecule has 8 nitrogen and oxygen atoms in total. The van der Waals surface area contributed by atoms with E-state index in [1.165, 1.54) is 25.3 Å². The molecule has 0 atom stereocenters. The quantitative estimate of drug-likeness (QED) is 0.549. The lowest BCUT2D eigenvalue weighted by molar-refractivity contribution is -0.0512. The smallest absolute Gasteiger partial charge is 0.387 e. The fourth-order valence-corrected chi connectivity index (χ4v) is 4.52. The second kappa shape index (κ2) is 10.8. The lowest BCUT2D eigenvalue weighted by Gasteiger charge is -2.30. The van der Waals surface area contributed by atoms with Crippen molar-refractivity contribution in [3.63, 3.8) is 0 Å². The fourth-order valence-electron chi connectivity index (χ4n) is 3.47. The van der Waals surface area contributed by atoms with E-state index in [2.05, 4.69) is 19.7 Å². The number of methoxy groups -OCH3 is 2. The van der Waals surface area contributed by atoms with Gasteiger partial charge in [0.2, 0.25) is 10.0 Å². The second-order valence-corrected chi connectivity index (χ2v) is 8.85. The van der Waals surface area contributed by atoms with Crippen LogP contribution in [0.1, 0.15) is 5.56 Å². The normalized spacial score (nSPS) is 14.5. The van der Waals surface area contributed by atoms with Crippen LogP contribution in [0, 0.1) is 0 Å². The van der Waals surface area contributed by atoms with Crippen molar-refractivity contribution in [2.24, 2.45) is 0 Å². The molecule has 0 amide bonds. The Bertz CT molecular complexity index is 1010. The molecule has 0 radical (unpaired) electrons. The summed E-state index contributed by atoms with van der Waals surface area (Å²) in [7, 11) is -0.880. The maximum atomic E-state index is 12.8. The number of alkyl halides is 2. The minimum atomic E-state index is -3.78. The van der Waals surface area contributed by atoms with Gasteiger partial charge in [-0.3, -0.25) is 0 Å². The van der Waals surface area contributed by atoms with Crippen LogP contribution in [0.15, 0.2) is 41.3 Å². The molecule has 11 heteroatoms. The number of ether oxygens (including phenoxy) is 3. The van der Waals surface area contributed by atoms with Crippen LogP contribution < -0.4 is 29.1 Å². The molecule has 2 aromatic rings. The Kier molecular flexibility index (Phi) is 8.10. The zero-order valence-electron chi connectivity index (χ0n) is 17.9. The maximum absolute atomic E-state index is 12.8. The highest BCUT2D eigenvalue weighted by molar-refractivity contribution is 7.89. The Morgan fingerprint density at radius 2 is 1.72 bits per heavy atom. The van der Waals surface area contributed by atoms with Crippen LogP contribution >= 0.6 is 0 Å². The first-order valence-corrected chi connectivity index (χ1v) is 11.6. The summed E-state index contributed by atoms with van der Waals surface area (Å²) in [6.07, 6.45) is 0.281. The Labute approximate surface area is 186 Å². The summed E-state index contributed by atoms with van der Waals surface area (Å²) in [6, 6.07) is 9.33. The van der Waals surface area contributed by atoms with Gasteiger partial charge in [0, 0.05) is 32.7 Å². The van der Waals surface area contributed by atoms with Crippen molar-refractivity contribution in [1.29, 1.82) is 0 Å². The molecular formula is C21H27F2N3O5S. The summed E-state index contributed by atoms with van der Waals surface area (Å²) in [4.78, 5) is 2.21. The average Bonchev–Trinajstić information content (AvgIpc) is 2.79. The molecular weight excluding hydrogens is 444 g/mol. The van der Waals surface area contributed by atoms with E-state index >= 15 is 0 Å². The Balaban J connectivity index is 1.70. The van der Waals surface area contributed by atoms with Crippen LogP contribution in [0.2, 0.25) is 0 Å². The molecule has 32 heavy (non-hydrogen) atoms. The molecule has 176 valence electrons. The van der Waals surface area contributed by atoms with Crippen molar-refractivity contribution in [1.82, 2.24) is 10.0 Å². The van der Waals surface area contributed by atoms with Gasteiger partial charge in [-0.1, -0.05) is 6.07 Å². The number of hydrogen-bond donors (Lipinski definition) is 2. The molecule has 1 aliphatic heterocycles. The molecule has 0 aromatic heterocycles. The Morgan fingerprint density at radius 1 is 1.03 bits per heavy atom. The lowest BCUT2D eigenvalue weighted by atomic mass is 10.1. The van der Waals surface area contributed by atoms with Crippen LogP contribution in [0.3, 0.4) is 0 Å². The third-order valence-electron chi connectivity index (χ3n) is 5.07. The summed E-state index contributed by atoms with van der Waals surface area (Å²) < 4.78 is 68.3. The van der Waals surface area contributed by atoms with Crippen LogP contribution in [0.4, 0.5) is 14.5 Å². The van der Waals surface area contributed by atoms with Crippen LogP contribution in [-0.4, -0.2) is 62.0 Å². The lowest BCUT2D eigenvalue weighted by Crippen LogP contribution is -2.43.